The molecule has 0 aromatic heterocycles. The van der Waals surface area contributed by atoms with E-state index in [1.54, 1.807) is 13.8 Å². The highest BCUT2D eigenvalue weighted by Gasteiger charge is 2.39. The van der Waals surface area contributed by atoms with Gasteiger partial charge in [0, 0.05) is 22.9 Å². The number of hydrogen-bond donors (Lipinski definition) is 2. The average molecular weight is 579 g/mol. The van der Waals surface area contributed by atoms with Crippen LogP contribution in [-0.4, -0.2) is 17.9 Å². The molecule has 0 radical (unpaired) electrons. The smallest absolute Gasteiger partial charge is 0.350 e. The molecule has 0 fully saturated rings. The van der Waals surface area contributed by atoms with E-state index in [1.807, 2.05) is 20.8 Å². The Morgan fingerprint density at radius 3 is 1.83 bits per heavy atom. The first-order chi connectivity index (χ1) is 19.0. The number of rotatable bonds is 8. The van der Waals surface area contributed by atoms with Crippen molar-refractivity contribution >= 4 is 17.5 Å². The summed E-state index contributed by atoms with van der Waals surface area (Å²) in [6, 6.07) is 11.6. The largest absolute Gasteiger partial charge is 0.417 e. The SMILES string of the molecule is CCC(C)NC(=O)c1cccc(C(=O)Nc2ccc(-c3ccc(C(C)(C)CC)cc3C(F)(F)F)c(C(F)(F)F)c2)c1. The van der Waals surface area contributed by atoms with Crippen LogP contribution in [0.2, 0.25) is 0 Å². The third-order valence-electron chi connectivity index (χ3n) is 7.24. The molecule has 10 heteroatoms. The van der Waals surface area contributed by atoms with Gasteiger partial charge in [-0.05, 0) is 78.3 Å². The van der Waals surface area contributed by atoms with Gasteiger partial charge in [0.2, 0.25) is 0 Å². The van der Waals surface area contributed by atoms with Crippen molar-refractivity contribution in [1.82, 2.24) is 5.32 Å². The average Bonchev–Trinajstić information content (AvgIpc) is 2.91. The van der Waals surface area contributed by atoms with Gasteiger partial charge in [-0.3, -0.25) is 9.59 Å². The van der Waals surface area contributed by atoms with E-state index in [1.165, 1.54) is 30.3 Å². The maximum atomic E-state index is 14.2. The van der Waals surface area contributed by atoms with Gasteiger partial charge in [-0.25, -0.2) is 0 Å². The fourth-order valence-electron chi connectivity index (χ4n) is 4.14. The van der Waals surface area contributed by atoms with Crippen LogP contribution in [0.5, 0.6) is 0 Å². The van der Waals surface area contributed by atoms with Crippen molar-refractivity contribution in [3.05, 3.63) is 88.5 Å². The van der Waals surface area contributed by atoms with Crippen LogP contribution in [0.3, 0.4) is 0 Å². The van der Waals surface area contributed by atoms with Crippen LogP contribution in [-0.2, 0) is 17.8 Å². The summed E-state index contributed by atoms with van der Waals surface area (Å²) in [7, 11) is 0. The second kappa shape index (κ2) is 12.0. The minimum absolute atomic E-state index is 0.0212. The lowest BCUT2D eigenvalue weighted by atomic mass is 9.80. The number of amides is 2. The van der Waals surface area contributed by atoms with E-state index in [4.69, 9.17) is 0 Å². The second-order valence-electron chi connectivity index (χ2n) is 10.6. The van der Waals surface area contributed by atoms with Crippen molar-refractivity contribution < 1.29 is 35.9 Å². The van der Waals surface area contributed by atoms with Crippen LogP contribution in [0.4, 0.5) is 32.0 Å². The summed E-state index contributed by atoms with van der Waals surface area (Å²) >= 11 is 0. The first-order valence-electron chi connectivity index (χ1n) is 13.1. The maximum absolute atomic E-state index is 14.2. The highest BCUT2D eigenvalue weighted by atomic mass is 19.4. The van der Waals surface area contributed by atoms with E-state index in [9.17, 15) is 35.9 Å². The molecule has 0 aliphatic heterocycles. The number of benzene rings is 3. The quantitative estimate of drug-likeness (QED) is 0.262. The minimum Gasteiger partial charge on any atom is -0.350 e. The zero-order valence-electron chi connectivity index (χ0n) is 23.3. The lowest BCUT2D eigenvalue weighted by Gasteiger charge is -2.26. The third kappa shape index (κ3) is 7.48. The standard InChI is InChI=1S/C31H32F6N2O2/c1-6-18(3)38-27(40)19-9-8-10-20(15-19)28(41)39-22-12-14-24(26(17-22)31(35,36)37)23-13-11-21(29(4,5)7-2)16-25(23)30(32,33)34/h8-18H,6-7H2,1-5H3,(H,38,40)(H,39,41). The molecule has 41 heavy (non-hydrogen) atoms. The van der Waals surface area contributed by atoms with E-state index in [2.05, 4.69) is 10.6 Å². The number of carbonyl (C=O) groups excluding carboxylic acids is 2. The van der Waals surface area contributed by atoms with Crippen molar-refractivity contribution in [1.29, 1.82) is 0 Å². The Bertz CT molecular complexity index is 1430. The van der Waals surface area contributed by atoms with E-state index in [-0.39, 0.29) is 22.9 Å². The topological polar surface area (TPSA) is 58.2 Å². The van der Waals surface area contributed by atoms with Gasteiger partial charge < -0.3 is 10.6 Å². The number of carbonyl (C=O) groups is 2. The molecular weight excluding hydrogens is 546 g/mol. The van der Waals surface area contributed by atoms with Crippen LogP contribution in [0.25, 0.3) is 11.1 Å². The molecule has 0 saturated carbocycles. The van der Waals surface area contributed by atoms with Crippen molar-refractivity contribution in [2.45, 2.75) is 71.3 Å². The Labute approximate surface area is 235 Å². The van der Waals surface area contributed by atoms with Gasteiger partial charge in [0.1, 0.15) is 0 Å². The first kappa shape index (κ1) is 31.7. The zero-order valence-corrected chi connectivity index (χ0v) is 23.3. The fourth-order valence-corrected chi connectivity index (χ4v) is 4.14. The van der Waals surface area contributed by atoms with Crippen LogP contribution in [0, 0.1) is 0 Å². The summed E-state index contributed by atoms with van der Waals surface area (Å²) in [5.74, 6) is -1.20. The number of alkyl halides is 6. The van der Waals surface area contributed by atoms with Crippen molar-refractivity contribution in [2.75, 3.05) is 5.32 Å². The van der Waals surface area contributed by atoms with E-state index in [0.29, 0.717) is 24.5 Å². The summed E-state index contributed by atoms with van der Waals surface area (Å²) in [4.78, 5) is 25.3. The molecule has 220 valence electrons. The molecule has 3 aromatic carbocycles. The van der Waals surface area contributed by atoms with E-state index >= 15 is 0 Å². The minimum atomic E-state index is -5.02. The van der Waals surface area contributed by atoms with Gasteiger partial charge >= 0.3 is 12.4 Å². The molecular formula is C31H32F6N2O2. The molecule has 1 atom stereocenters. The zero-order chi connectivity index (χ0) is 30.8. The van der Waals surface area contributed by atoms with Crippen molar-refractivity contribution in [3.8, 4) is 11.1 Å². The van der Waals surface area contributed by atoms with Crippen LogP contribution in [0.1, 0.15) is 84.9 Å². The molecule has 1 unspecified atom stereocenters. The van der Waals surface area contributed by atoms with E-state index in [0.717, 1.165) is 24.3 Å². The maximum Gasteiger partial charge on any atom is 0.417 e. The van der Waals surface area contributed by atoms with Crippen molar-refractivity contribution in [2.24, 2.45) is 0 Å². The highest BCUT2D eigenvalue weighted by molar-refractivity contribution is 6.06. The van der Waals surface area contributed by atoms with Gasteiger partial charge in [-0.1, -0.05) is 52.0 Å². The molecule has 0 bridgehead atoms. The van der Waals surface area contributed by atoms with Gasteiger partial charge in [0.15, 0.2) is 0 Å². The summed E-state index contributed by atoms with van der Waals surface area (Å²) < 4.78 is 84.7. The Balaban J connectivity index is 2.02. The summed E-state index contributed by atoms with van der Waals surface area (Å²) in [5.41, 5.74) is -4.09. The van der Waals surface area contributed by atoms with Gasteiger partial charge in [-0.15, -0.1) is 0 Å². The lowest BCUT2D eigenvalue weighted by molar-refractivity contribution is -0.139. The first-order valence-corrected chi connectivity index (χ1v) is 13.1. The molecule has 0 saturated heterocycles. The normalized spacial score (nSPS) is 13.0. The second-order valence-corrected chi connectivity index (χ2v) is 10.6. The van der Waals surface area contributed by atoms with Crippen LogP contribution >= 0.6 is 0 Å². The predicted octanol–water partition coefficient (Wildman–Crippen LogP) is 8.86. The Morgan fingerprint density at radius 1 is 0.756 bits per heavy atom. The Hall–Kier alpha value is -3.82. The summed E-state index contributed by atoms with van der Waals surface area (Å²) in [5, 5.41) is 5.12. The highest BCUT2D eigenvalue weighted by Crippen LogP contribution is 2.45. The Morgan fingerprint density at radius 2 is 1.29 bits per heavy atom. The van der Waals surface area contributed by atoms with Gasteiger partial charge in [-0.2, -0.15) is 26.3 Å². The molecule has 2 N–H and O–H groups in total. The van der Waals surface area contributed by atoms with Gasteiger partial charge in [0.25, 0.3) is 11.8 Å². The Kier molecular flexibility index (Phi) is 9.25. The molecule has 2 amide bonds. The number of halogens is 6. The lowest BCUT2D eigenvalue weighted by Crippen LogP contribution is -2.32. The molecule has 0 aliphatic rings. The van der Waals surface area contributed by atoms with Gasteiger partial charge in [0.05, 0.1) is 11.1 Å². The predicted molar refractivity (Wildman–Crippen MR) is 147 cm³/mol. The summed E-state index contributed by atoms with van der Waals surface area (Å²) in [6.07, 6.45) is -8.71. The molecule has 3 aromatic rings. The number of nitrogens with one attached hydrogen (secondary N) is 2. The third-order valence-corrected chi connectivity index (χ3v) is 7.24. The number of anilines is 1. The molecule has 0 heterocycles. The molecule has 0 spiro atoms. The van der Waals surface area contributed by atoms with Crippen molar-refractivity contribution in [3.63, 3.8) is 0 Å². The fraction of sp³-hybridized carbons (Fsp3) is 0.355. The summed E-state index contributed by atoms with van der Waals surface area (Å²) in [6.45, 7) is 9.03. The monoisotopic (exact) mass is 578 g/mol. The van der Waals surface area contributed by atoms with E-state index < -0.39 is 51.8 Å². The van der Waals surface area contributed by atoms with Crippen LogP contribution in [0.15, 0.2) is 60.7 Å². The van der Waals surface area contributed by atoms with Crippen LogP contribution < -0.4 is 10.6 Å². The number of hydrogen-bond acceptors (Lipinski definition) is 2. The molecule has 3 rings (SSSR count). The molecule has 4 nitrogen and oxygen atoms in total. The molecule has 0 aliphatic carbocycles.